The van der Waals surface area contributed by atoms with Crippen LogP contribution in [0.1, 0.15) is 40.9 Å². The van der Waals surface area contributed by atoms with Gasteiger partial charge in [-0.2, -0.15) is 13.2 Å². The summed E-state index contributed by atoms with van der Waals surface area (Å²) in [7, 11) is 0. The number of halogens is 4. The highest BCUT2D eigenvalue weighted by molar-refractivity contribution is 5.93. The Morgan fingerprint density at radius 3 is 2.32 bits per heavy atom. The number of hydrogen-bond donors (Lipinski definition) is 2. The van der Waals surface area contributed by atoms with Gasteiger partial charge in [0.1, 0.15) is 5.82 Å². The van der Waals surface area contributed by atoms with Crippen LogP contribution in [0.5, 0.6) is 0 Å². The van der Waals surface area contributed by atoms with Gasteiger partial charge in [0.2, 0.25) is 5.95 Å². The average molecular weight is 354 g/mol. The third-order valence-corrected chi connectivity index (χ3v) is 4.28. The number of nitrogens with one attached hydrogen (secondary N) is 1. The number of nitrogens with zero attached hydrogens (tertiary/aromatic N) is 2. The Morgan fingerprint density at radius 1 is 1.20 bits per heavy atom. The zero-order valence-electron chi connectivity index (χ0n) is 12.9. The summed E-state index contributed by atoms with van der Waals surface area (Å²) in [5.74, 6) is -1.92. The molecule has 1 aliphatic rings. The van der Waals surface area contributed by atoms with Crippen molar-refractivity contribution in [2.75, 3.05) is 5.32 Å². The summed E-state index contributed by atoms with van der Waals surface area (Å²) in [5, 5.41) is 2.91. The van der Waals surface area contributed by atoms with Gasteiger partial charge in [-0.25, -0.2) is 14.4 Å². The Morgan fingerprint density at radius 2 is 1.84 bits per heavy atom. The lowest BCUT2D eigenvalue weighted by atomic mass is 9.72. The molecule has 3 rings (SSSR count). The molecule has 5 nitrogen and oxygen atoms in total. The van der Waals surface area contributed by atoms with E-state index in [2.05, 4.69) is 15.3 Å². The predicted molar refractivity (Wildman–Crippen MR) is 81.1 cm³/mol. The van der Waals surface area contributed by atoms with Gasteiger partial charge in [-0.3, -0.25) is 4.79 Å². The van der Waals surface area contributed by atoms with E-state index in [1.807, 2.05) is 0 Å². The van der Waals surface area contributed by atoms with Gasteiger partial charge in [0, 0.05) is 6.20 Å². The van der Waals surface area contributed by atoms with Crippen LogP contribution in [0.15, 0.2) is 30.5 Å². The molecule has 0 aliphatic heterocycles. The summed E-state index contributed by atoms with van der Waals surface area (Å²) in [6.45, 7) is 0. The summed E-state index contributed by atoms with van der Waals surface area (Å²) >= 11 is 0. The lowest BCUT2D eigenvalue weighted by molar-refractivity contribution is -0.141. The first-order chi connectivity index (χ1) is 11.7. The molecule has 9 heteroatoms. The van der Waals surface area contributed by atoms with Gasteiger partial charge in [0.25, 0.3) is 5.91 Å². The summed E-state index contributed by atoms with van der Waals surface area (Å²) in [6, 6.07) is 5.72. The van der Waals surface area contributed by atoms with E-state index in [9.17, 15) is 22.4 Å². The second-order valence-electron chi connectivity index (χ2n) is 5.89. The quantitative estimate of drug-likeness (QED) is 0.826. The van der Waals surface area contributed by atoms with Crippen molar-refractivity contribution in [3.63, 3.8) is 0 Å². The van der Waals surface area contributed by atoms with E-state index in [0.29, 0.717) is 12.8 Å². The molecule has 0 spiro atoms. The van der Waals surface area contributed by atoms with Crippen molar-refractivity contribution in [1.82, 2.24) is 9.97 Å². The van der Waals surface area contributed by atoms with Crippen LogP contribution in [0.3, 0.4) is 0 Å². The maximum atomic E-state index is 13.1. The average Bonchev–Trinajstić information content (AvgIpc) is 2.51. The highest BCUT2D eigenvalue weighted by atomic mass is 19.4. The summed E-state index contributed by atoms with van der Waals surface area (Å²) in [5.41, 5.74) is 2.85. The van der Waals surface area contributed by atoms with Crippen molar-refractivity contribution >= 4 is 11.9 Å². The topological polar surface area (TPSA) is 80.9 Å². The van der Waals surface area contributed by atoms with Gasteiger partial charge in [0.15, 0.2) is 5.69 Å². The van der Waals surface area contributed by atoms with Crippen molar-refractivity contribution in [3.05, 3.63) is 53.1 Å². The summed E-state index contributed by atoms with van der Waals surface area (Å²) in [6.07, 6.45) is -1.94. The largest absolute Gasteiger partial charge is 0.434 e. The van der Waals surface area contributed by atoms with E-state index < -0.39 is 34.7 Å². The minimum Gasteiger partial charge on any atom is -0.365 e. The van der Waals surface area contributed by atoms with Gasteiger partial charge in [-0.1, -0.05) is 12.1 Å². The number of anilines is 1. The van der Waals surface area contributed by atoms with E-state index in [-0.39, 0.29) is 5.95 Å². The molecule has 0 atom stereocenters. The molecule has 0 radical (unpaired) electrons. The second-order valence-corrected chi connectivity index (χ2v) is 5.89. The standard InChI is InChI=1S/C16H14F4N4O/c17-10-4-2-9(3-5-10)15(6-1-7-15)24-14-22-8-11(13(21)25)12(23-14)16(18,19)20/h2-5,8H,1,6-7H2,(H2,21,25)(H,22,23,24). The predicted octanol–water partition coefficient (Wildman–Crippen LogP) is 3.22. The third kappa shape index (κ3) is 3.26. The van der Waals surface area contributed by atoms with Crippen molar-refractivity contribution in [2.45, 2.75) is 31.0 Å². The van der Waals surface area contributed by atoms with Crippen molar-refractivity contribution in [3.8, 4) is 0 Å². The number of nitrogens with two attached hydrogens (primary N) is 1. The van der Waals surface area contributed by atoms with Crippen molar-refractivity contribution in [2.24, 2.45) is 5.73 Å². The van der Waals surface area contributed by atoms with Gasteiger partial charge in [0.05, 0.1) is 11.1 Å². The number of primary amides is 1. The molecular formula is C16H14F4N4O. The Kier molecular flexibility index (Phi) is 4.09. The first-order valence-corrected chi connectivity index (χ1v) is 7.49. The highest BCUT2D eigenvalue weighted by Gasteiger charge is 2.41. The fraction of sp³-hybridized carbons (Fsp3) is 0.312. The molecule has 1 heterocycles. The lowest BCUT2D eigenvalue weighted by Gasteiger charge is -2.43. The van der Waals surface area contributed by atoms with Gasteiger partial charge < -0.3 is 11.1 Å². The highest BCUT2D eigenvalue weighted by Crippen LogP contribution is 2.44. The Hall–Kier alpha value is -2.71. The van der Waals surface area contributed by atoms with Crippen LogP contribution in [0, 0.1) is 5.82 Å². The minimum absolute atomic E-state index is 0.263. The number of carbonyl (C=O) groups is 1. The molecule has 0 bridgehead atoms. The molecule has 1 fully saturated rings. The number of alkyl halides is 3. The lowest BCUT2D eigenvalue weighted by Crippen LogP contribution is -2.42. The first kappa shape index (κ1) is 17.1. The van der Waals surface area contributed by atoms with Gasteiger partial charge in [-0.15, -0.1) is 0 Å². The minimum atomic E-state index is -4.84. The van der Waals surface area contributed by atoms with Crippen LogP contribution in [0.2, 0.25) is 0 Å². The van der Waals surface area contributed by atoms with Crippen LogP contribution < -0.4 is 11.1 Å². The number of carbonyl (C=O) groups excluding carboxylic acids is 1. The molecular weight excluding hydrogens is 340 g/mol. The summed E-state index contributed by atoms with van der Waals surface area (Å²) < 4.78 is 52.5. The number of hydrogen-bond acceptors (Lipinski definition) is 4. The van der Waals surface area contributed by atoms with Crippen LogP contribution in [-0.2, 0) is 11.7 Å². The van der Waals surface area contributed by atoms with Crippen LogP contribution in [0.25, 0.3) is 0 Å². The summed E-state index contributed by atoms with van der Waals surface area (Å²) in [4.78, 5) is 18.4. The molecule has 2 aromatic rings. The molecule has 1 aromatic carbocycles. The molecule has 1 aliphatic carbocycles. The Labute approximate surface area is 140 Å². The Bertz CT molecular complexity index is 801. The zero-order chi connectivity index (χ0) is 18.2. The monoisotopic (exact) mass is 354 g/mol. The molecule has 3 N–H and O–H groups in total. The number of benzene rings is 1. The molecule has 132 valence electrons. The van der Waals surface area contributed by atoms with Crippen molar-refractivity contribution < 1.29 is 22.4 Å². The smallest absolute Gasteiger partial charge is 0.365 e. The Balaban J connectivity index is 1.96. The van der Waals surface area contributed by atoms with Crippen molar-refractivity contribution in [1.29, 1.82) is 0 Å². The van der Waals surface area contributed by atoms with E-state index in [4.69, 9.17) is 5.73 Å². The third-order valence-electron chi connectivity index (χ3n) is 4.28. The molecule has 1 amide bonds. The fourth-order valence-corrected chi connectivity index (χ4v) is 2.84. The number of rotatable bonds is 4. The van der Waals surface area contributed by atoms with Gasteiger partial charge in [-0.05, 0) is 37.0 Å². The first-order valence-electron chi connectivity index (χ1n) is 7.49. The zero-order valence-corrected chi connectivity index (χ0v) is 12.9. The molecule has 1 saturated carbocycles. The normalized spacial score (nSPS) is 16.2. The van der Waals surface area contributed by atoms with Crippen LogP contribution in [0.4, 0.5) is 23.5 Å². The van der Waals surface area contributed by atoms with Gasteiger partial charge >= 0.3 is 6.18 Å². The fourth-order valence-electron chi connectivity index (χ4n) is 2.84. The van der Waals surface area contributed by atoms with E-state index in [1.165, 1.54) is 12.1 Å². The SMILES string of the molecule is NC(=O)c1cnc(NC2(c3ccc(F)cc3)CCC2)nc1C(F)(F)F. The number of amides is 1. The van der Waals surface area contributed by atoms with E-state index in [1.54, 1.807) is 12.1 Å². The molecule has 25 heavy (non-hydrogen) atoms. The van der Waals surface area contributed by atoms with Crippen LogP contribution in [-0.4, -0.2) is 15.9 Å². The number of aromatic nitrogens is 2. The molecule has 1 aromatic heterocycles. The van der Waals surface area contributed by atoms with E-state index >= 15 is 0 Å². The second kappa shape index (κ2) is 5.98. The molecule has 0 saturated heterocycles. The van der Waals surface area contributed by atoms with Crippen LogP contribution >= 0.6 is 0 Å². The maximum absolute atomic E-state index is 13.1. The van der Waals surface area contributed by atoms with E-state index in [0.717, 1.165) is 18.2 Å². The maximum Gasteiger partial charge on any atom is 0.434 e. The molecule has 0 unspecified atom stereocenters.